The van der Waals surface area contributed by atoms with Crippen LogP contribution in [0.4, 0.5) is 0 Å². The number of carbonyl (C=O) groups excluding carboxylic acids is 1. The number of Topliss-reactive ketones (excluding diaryl/α,β-unsaturated/α-hetero) is 1. The van der Waals surface area contributed by atoms with E-state index in [2.05, 4.69) is 12.7 Å². The summed E-state index contributed by atoms with van der Waals surface area (Å²) in [7, 11) is 0. The van der Waals surface area contributed by atoms with E-state index in [-0.39, 0.29) is 5.78 Å². The summed E-state index contributed by atoms with van der Waals surface area (Å²) in [6.45, 7) is 5.54. The highest BCUT2D eigenvalue weighted by Crippen LogP contribution is 2.17. The molecule has 0 spiro atoms. The Morgan fingerprint density at radius 3 is 2.78 bits per heavy atom. The molecule has 0 atom stereocenters. The molecule has 0 saturated carbocycles. The lowest BCUT2D eigenvalue weighted by molar-refractivity contribution is 0.101. The predicted molar refractivity (Wildman–Crippen MR) is 76.6 cm³/mol. The van der Waals surface area contributed by atoms with Crippen molar-refractivity contribution in [2.75, 3.05) is 0 Å². The second-order valence-corrected chi connectivity index (χ2v) is 4.37. The van der Waals surface area contributed by atoms with Gasteiger partial charge in [0.2, 0.25) is 0 Å². The topological polar surface area (TPSA) is 17.1 Å². The van der Waals surface area contributed by atoms with Gasteiger partial charge in [-0.15, -0.1) is 0 Å². The lowest BCUT2D eigenvalue weighted by Crippen LogP contribution is -1.96. The van der Waals surface area contributed by atoms with Crippen LogP contribution in [-0.4, -0.2) is 5.78 Å². The van der Waals surface area contributed by atoms with Gasteiger partial charge in [0, 0.05) is 5.56 Å². The molecule has 1 nitrogen and oxygen atoms in total. The van der Waals surface area contributed by atoms with E-state index in [1.165, 1.54) is 5.56 Å². The second-order valence-electron chi connectivity index (χ2n) is 4.37. The van der Waals surface area contributed by atoms with Gasteiger partial charge in [-0.05, 0) is 36.1 Å². The summed E-state index contributed by atoms with van der Waals surface area (Å²) in [6.07, 6.45) is 12.9. The maximum atomic E-state index is 11.4. The molecule has 1 heteroatoms. The number of hydrogen-bond acceptors (Lipinski definition) is 1. The molecule has 0 saturated heterocycles. The Bertz CT molecular complexity index is 571. The number of rotatable bonds is 1. The molecule has 1 aliphatic rings. The van der Waals surface area contributed by atoms with Crippen LogP contribution in [0.3, 0.4) is 0 Å². The number of hydrogen-bond donors (Lipinski definition) is 0. The number of fused-ring (bicyclic) bond motifs is 1. The molecule has 0 heterocycles. The molecule has 18 heavy (non-hydrogen) atoms. The normalized spacial score (nSPS) is 19.7. The maximum absolute atomic E-state index is 11.4. The van der Waals surface area contributed by atoms with Crippen molar-refractivity contribution < 1.29 is 4.79 Å². The Kier molecular flexibility index (Phi) is 3.73. The fraction of sp³-hybridized carbons (Fsp3) is 0.118. The van der Waals surface area contributed by atoms with Gasteiger partial charge >= 0.3 is 0 Å². The van der Waals surface area contributed by atoms with E-state index < -0.39 is 0 Å². The average Bonchev–Trinajstić information content (AvgIpc) is 2.36. The van der Waals surface area contributed by atoms with Crippen molar-refractivity contribution in [2.45, 2.75) is 13.3 Å². The van der Waals surface area contributed by atoms with Crippen LogP contribution in [0.1, 0.15) is 28.4 Å². The first-order chi connectivity index (χ1) is 8.66. The van der Waals surface area contributed by atoms with E-state index in [0.29, 0.717) is 0 Å². The Labute approximate surface area is 108 Å². The molecule has 0 fully saturated rings. The van der Waals surface area contributed by atoms with Gasteiger partial charge in [0.15, 0.2) is 5.78 Å². The fourth-order valence-corrected chi connectivity index (χ4v) is 1.87. The van der Waals surface area contributed by atoms with Crippen LogP contribution in [0.15, 0.2) is 60.7 Å². The molecular formula is C17H16O. The molecule has 2 rings (SSSR count). The summed E-state index contributed by atoms with van der Waals surface area (Å²) in [4.78, 5) is 11.4. The zero-order valence-corrected chi connectivity index (χ0v) is 10.5. The lowest BCUT2D eigenvalue weighted by atomic mass is 9.98. The van der Waals surface area contributed by atoms with Crippen molar-refractivity contribution in [2.24, 2.45) is 0 Å². The van der Waals surface area contributed by atoms with E-state index in [0.717, 1.165) is 23.1 Å². The first kappa shape index (κ1) is 12.3. The zero-order chi connectivity index (χ0) is 13.0. The minimum atomic E-state index is 0.104. The quantitative estimate of drug-likeness (QED) is 0.670. The second kappa shape index (κ2) is 5.46. The molecular weight excluding hydrogens is 220 g/mol. The first-order valence-electron chi connectivity index (χ1n) is 6.01. The van der Waals surface area contributed by atoms with E-state index >= 15 is 0 Å². The third-order valence-electron chi connectivity index (χ3n) is 2.92. The first-order valence-corrected chi connectivity index (χ1v) is 6.01. The molecule has 1 aliphatic carbocycles. The van der Waals surface area contributed by atoms with Crippen molar-refractivity contribution in [3.05, 3.63) is 77.4 Å². The third-order valence-corrected chi connectivity index (χ3v) is 2.92. The molecule has 1 aromatic carbocycles. The van der Waals surface area contributed by atoms with Crippen LogP contribution in [0.25, 0.3) is 6.08 Å². The number of carbonyl (C=O) groups is 1. The lowest BCUT2D eigenvalue weighted by Gasteiger charge is -2.07. The van der Waals surface area contributed by atoms with Gasteiger partial charge in [0.1, 0.15) is 0 Å². The van der Waals surface area contributed by atoms with Gasteiger partial charge in [-0.1, -0.05) is 55.2 Å². The van der Waals surface area contributed by atoms with Gasteiger partial charge in [-0.3, -0.25) is 4.79 Å². The molecule has 0 unspecified atom stereocenters. The van der Waals surface area contributed by atoms with Crippen molar-refractivity contribution in [1.29, 1.82) is 0 Å². The molecule has 0 radical (unpaired) electrons. The summed E-state index contributed by atoms with van der Waals surface area (Å²) in [5.74, 6) is 0.104. The minimum absolute atomic E-state index is 0.104. The third kappa shape index (κ3) is 2.95. The SMILES string of the molecule is C=C1/C=C\C=C/Cc2cc(C(C)=O)ccc2/C=C\1. The molecule has 0 N–H and O–H groups in total. The minimum Gasteiger partial charge on any atom is -0.295 e. The largest absolute Gasteiger partial charge is 0.295 e. The average molecular weight is 236 g/mol. The summed E-state index contributed by atoms with van der Waals surface area (Å²) in [5.41, 5.74) is 4.03. The highest BCUT2D eigenvalue weighted by molar-refractivity contribution is 5.94. The van der Waals surface area contributed by atoms with E-state index in [9.17, 15) is 4.79 Å². The van der Waals surface area contributed by atoms with Gasteiger partial charge in [0.05, 0.1) is 0 Å². The molecule has 0 amide bonds. The van der Waals surface area contributed by atoms with Crippen LogP contribution in [0.2, 0.25) is 0 Å². The number of ketones is 1. The van der Waals surface area contributed by atoms with E-state index in [1.54, 1.807) is 6.92 Å². The molecule has 0 bridgehead atoms. The molecule has 0 aromatic heterocycles. The summed E-state index contributed by atoms with van der Waals surface area (Å²) in [6, 6.07) is 5.84. The van der Waals surface area contributed by atoms with Crippen LogP contribution in [-0.2, 0) is 6.42 Å². The monoisotopic (exact) mass is 236 g/mol. The Hall–Kier alpha value is -2.15. The van der Waals surface area contributed by atoms with Crippen molar-refractivity contribution in [1.82, 2.24) is 0 Å². The van der Waals surface area contributed by atoms with Gasteiger partial charge in [0.25, 0.3) is 0 Å². The van der Waals surface area contributed by atoms with Crippen LogP contribution >= 0.6 is 0 Å². The Balaban J connectivity index is 2.46. The predicted octanol–water partition coefficient (Wildman–Crippen LogP) is 4.13. The van der Waals surface area contributed by atoms with Crippen LogP contribution < -0.4 is 0 Å². The van der Waals surface area contributed by atoms with Gasteiger partial charge < -0.3 is 0 Å². The van der Waals surface area contributed by atoms with Crippen molar-refractivity contribution in [3.8, 4) is 0 Å². The summed E-state index contributed by atoms with van der Waals surface area (Å²) >= 11 is 0. The number of benzene rings is 1. The van der Waals surface area contributed by atoms with E-state index in [4.69, 9.17) is 0 Å². The van der Waals surface area contributed by atoms with Crippen molar-refractivity contribution >= 4 is 11.9 Å². The van der Waals surface area contributed by atoms with Crippen LogP contribution in [0, 0.1) is 0 Å². The van der Waals surface area contributed by atoms with Crippen molar-refractivity contribution in [3.63, 3.8) is 0 Å². The fourth-order valence-electron chi connectivity index (χ4n) is 1.87. The van der Waals surface area contributed by atoms with Gasteiger partial charge in [-0.25, -0.2) is 0 Å². The standard InChI is InChI=1S/C17H16O/c1-13-6-4-3-5-7-17-12-16(14(2)18)11-10-15(17)9-8-13/h3-6,8-12H,1,7H2,2H3/b5-3-,6-4-,9-8-. The highest BCUT2D eigenvalue weighted by atomic mass is 16.1. The molecule has 90 valence electrons. The molecule has 0 aliphatic heterocycles. The highest BCUT2D eigenvalue weighted by Gasteiger charge is 2.04. The maximum Gasteiger partial charge on any atom is 0.159 e. The summed E-state index contributed by atoms with van der Waals surface area (Å²) in [5, 5.41) is 0. The smallest absolute Gasteiger partial charge is 0.159 e. The summed E-state index contributed by atoms with van der Waals surface area (Å²) < 4.78 is 0. The van der Waals surface area contributed by atoms with Crippen LogP contribution in [0.5, 0.6) is 0 Å². The van der Waals surface area contributed by atoms with Gasteiger partial charge in [-0.2, -0.15) is 0 Å². The Morgan fingerprint density at radius 1 is 1.17 bits per heavy atom. The zero-order valence-electron chi connectivity index (χ0n) is 10.5. The number of allylic oxidation sites excluding steroid dienone is 6. The molecule has 1 aromatic rings. The Morgan fingerprint density at radius 2 is 2.00 bits per heavy atom. The van der Waals surface area contributed by atoms with E-state index in [1.807, 2.05) is 48.6 Å².